The molecule has 0 bridgehead atoms. The molecule has 6 heteroatoms. The van der Waals surface area contributed by atoms with Crippen molar-refractivity contribution in [3.63, 3.8) is 0 Å². The quantitative estimate of drug-likeness (QED) is 0.769. The maximum absolute atomic E-state index is 10.9. The normalized spacial score (nSPS) is 26.9. The number of rotatable bonds is 7. The van der Waals surface area contributed by atoms with Crippen LogP contribution in [0.4, 0.5) is 0 Å². The lowest BCUT2D eigenvalue weighted by Crippen LogP contribution is -2.50. The SMILES string of the molecule is Cn1cnnc1CC1(O)CCCN(CCOCC2CCCC2)C1. The van der Waals surface area contributed by atoms with Gasteiger partial charge in [0.05, 0.1) is 12.2 Å². The molecule has 1 saturated heterocycles. The summed E-state index contributed by atoms with van der Waals surface area (Å²) in [4.78, 5) is 2.33. The number of nitrogens with zero attached hydrogens (tertiary/aromatic N) is 4. The molecule has 0 radical (unpaired) electrons. The summed E-state index contributed by atoms with van der Waals surface area (Å²) in [7, 11) is 1.93. The van der Waals surface area contributed by atoms with Crippen molar-refractivity contribution in [2.75, 3.05) is 32.8 Å². The lowest BCUT2D eigenvalue weighted by Gasteiger charge is -2.39. The molecule has 1 atom stereocenters. The topological polar surface area (TPSA) is 63.4 Å². The van der Waals surface area contributed by atoms with Gasteiger partial charge in [0.15, 0.2) is 0 Å². The van der Waals surface area contributed by atoms with Crippen molar-refractivity contribution < 1.29 is 9.84 Å². The third-order valence-corrected chi connectivity index (χ3v) is 5.31. The van der Waals surface area contributed by atoms with Crippen LogP contribution in [-0.2, 0) is 18.2 Å². The first-order valence-electron chi connectivity index (χ1n) is 9.00. The number of ether oxygens (including phenoxy) is 1. The number of aromatic nitrogens is 3. The predicted octanol–water partition coefficient (Wildman–Crippen LogP) is 1.39. The van der Waals surface area contributed by atoms with E-state index in [1.165, 1.54) is 25.7 Å². The van der Waals surface area contributed by atoms with Crippen LogP contribution in [-0.4, -0.2) is 63.2 Å². The molecule has 1 unspecified atom stereocenters. The summed E-state index contributed by atoms with van der Waals surface area (Å²) in [5, 5.41) is 18.9. The molecule has 130 valence electrons. The second-order valence-electron chi connectivity index (χ2n) is 7.36. The fraction of sp³-hybridized carbons (Fsp3) is 0.882. The molecule has 0 spiro atoms. The van der Waals surface area contributed by atoms with Gasteiger partial charge in [0, 0.05) is 33.2 Å². The van der Waals surface area contributed by atoms with E-state index in [1.54, 1.807) is 6.33 Å². The molecule has 2 heterocycles. The number of hydrogen-bond donors (Lipinski definition) is 1. The number of piperidine rings is 1. The van der Waals surface area contributed by atoms with E-state index in [2.05, 4.69) is 15.1 Å². The molecule has 2 fully saturated rings. The highest BCUT2D eigenvalue weighted by atomic mass is 16.5. The molecule has 1 aromatic heterocycles. The van der Waals surface area contributed by atoms with Gasteiger partial charge >= 0.3 is 0 Å². The predicted molar refractivity (Wildman–Crippen MR) is 88.1 cm³/mol. The van der Waals surface area contributed by atoms with Gasteiger partial charge in [-0.15, -0.1) is 10.2 Å². The van der Waals surface area contributed by atoms with Crippen molar-refractivity contribution in [3.8, 4) is 0 Å². The minimum Gasteiger partial charge on any atom is -0.388 e. The molecular weight excluding hydrogens is 292 g/mol. The molecule has 1 N–H and O–H groups in total. The van der Waals surface area contributed by atoms with Crippen LogP contribution in [0.25, 0.3) is 0 Å². The minimum absolute atomic E-state index is 0.572. The van der Waals surface area contributed by atoms with Crippen LogP contribution in [0, 0.1) is 5.92 Å². The molecule has 1 aliphatic carbocycles. The fourth-order valence-electron chi connectivity index (χ4n) is 3.92. The lowest BCUT2D eigenvalue weighted by molar-refractivity contribution is -0.0396. The summed E-state index contributed by atoms with van der Waals surface area (Å²) in [6.07, 6.45) is 9.53. The Morgan fingerprint density at radius 1 is 1.35 bits per heavy atom. The van der Waals surface area contributed by atoms with E-state index in [0.717, 1.165) is 50.9 Å². The highest BCUT2D eigenvalue weighted by Gasteiger charge is 2.34. The van der Waals surface area contributed by atoms with Crippen molar-refractivity contribution in [1.29, 1.82) is 0 Å². The van der Waals surface area contributed by atoms with E-state index in [0.29, 0.717) is 13.0 Å². The smallest absolute Gasteiger partial charge is 0.135 e. The largest absolute Gasteiger partial charge is 0.388 e. The molecule has 3 rings (SSSR count). The molecule has 1 aromatic rings. The maximum atomic E-state index is 10.9. The first kappa shape index (κ1) is 16.9. The van der Waals surface area contributed by atoms with Crippen molar-refractivity contribution in [2.45, 2.75) is 50.5 Å². The summed E-state index contributed by atoms with van der Waals surface area (Å²) in [6.45, 7) is 4.35. The Balaban J connectivity index is 1.41. The second-order valence-corrected chi connectivity index (χ2v) is 7.36. The van der Waals surface area contributed by atoms with Crippen molar-refractivity contribution >= 4 is 0 Å². The molecule has 1 saturated carbocycles. The Labute approximate surface area is 138 Å². The minimum atomic E-state index is -0.690. The highest BCUT2D eigenvalue weighted by Crippen LogP contribution is 2.26. The van der Waals surface area contributed by atoms with Gasteiger partial charge in [-0.3, -0.25) is 4.90 Å². The second kappa shape index (κ2) is 7.73. The molecule has 6 nitrogen and oxygen atoms in total. The van der Waals surface area contributed by atoms with Gasteiger partial charge < -0.3 is 14.4 Å². The first-order valence-corrected chi connectivity index (χ1v) is 9.00. The van der Waals surface area contributed by atoms with Crippen LogP contribution in [0.2, 0.25) is 0 Å². The van der Waals surface area contributed by atoms with E-state index < -0.39 is 5.60 Å². The standard InChI is InChI=1S/C17H30N4O2/c1-20-14-18-19-16(20)11-17(22)7-4-8-21(13-17)9-10-23-12-15-5-2-3-6-15/h14-15,22H,2-13H2,1H3. The molecule has 0 aromatic carbocycles. The van der Waals surface area contributed by atoms with E-state index in [1.807, 2.05) is 11.6 Å². The van der Waals surface area contributed by atoms with E-state index in [9.17, 15) is 5.11 Å². The average Bonchev–Trinajstić information content (AvgIpc) is 3.16. The Morgan fingerprint density at radius 2 is 2.17 bits per heavy atom. The average molecular weight is 322 g/mol. The van der Waals surface area contributed by atoms with Crippen molar-refractivity contribution in [2.24, 2.45) is 13.0 Å². The summed E-state index contributed by atoms with van der Waals surface area (Å²) in [5.74, 6) is 1.64. The molecule has 2 aliphatic rings. The fourth-order valence-corrected chi connectivity index (χ4v) is 3.92. The molecular formula is C17H30N4O2. The van der Waals surface area contributed by atoms with Crippen molar-refractivity contribution in [1.82, 2.24) is 19.7 Å². The van der Waals surface area contributed by atoms with E-state index in [-0.39, 0.29) is 0 Å². The molecule has 0 amide bonds. The highest BCUT2D eigenvalue weighted by molar-refractivity contribution is 4.98. The van der Waals surface area contributed by atoms with Gasteiger partial charge in [0.25, 0.3) is 0 Å². The number of aliphatic hydroxyl groups is 1. The van der Waals surface area contributed by atoms with Gasteiger partial charge in [0.2, 0.25) is 0 Å². The molecule has 23 heavy (non-hydrogen) atoms. The monoisotopic (exact) mass is 322 g/mol. The summed E-state index contributed by atoms with van der Waals surface area (Å²) < 4.78 is 7.75. The third kappa shape index (κ3) is 4.75. The summed E-state index contributed by atoms with van der Waals surface area (Å²) in [5.41, 5.74) is -0.690. The van der Waals surface area contributed by atoms with Crippen LogP contribution in [0.15, 0.2) is 6.33 Å². The third-order valence-electron chi connectivity index (χ3n) is 5.31. The van der Waals surface area contributed by atoms with Crippen LogP contribution >= 0.6 is 0 Å². The van der Waals surface area contributed by atoms with E-state index in [4.69, 9.17) is 4.74 Å². The Kier molecular flexibility index (Phi) is 5.67. The van der Waals surface area contributed by atoms with Gasteiger partial charge in [-0.25, -0.2) is 0 Å². The van der Waals surface area contributed by atoms with Crippen LogP contribution in [0.1, 0.15) is 44.3 Å². The van der Waals surface area contributed by atoms with Gasteiger partial charge in [-0.1, -0.05) is 12.8 Å². The number of β-amino-alcohol motifs (C(OH)–C–C–N with tert-alkyl or cyclic N) is 1. The Morgan fingerprint density at radius 3 is 2.91 bits per heavy atom. The van der Waals surface area contributed by atoms with E-state index >= 15 is 0 Å². The Bertz CT molecular complexity index is 487. The van der Waals surface area contributed by atoms with Gasteiger partial charge in [0.1, 0.15) is 12.2 Å². The first-order chi connectivity index (χ1) is 11.1. The summed E-state index contributed by atoms with van der Waals surface area (Å²) in [6, 6.07) is 0. The maximum Gasteiger partial charge on any atom is 0.135 e. The lowest BCUT2D eigenvalue weighted by atomic mass is 9.89. The Hall–Kier alpha value is -0.980. The van der Waals surface area contributed by atoms with Gasteiger partial charge in [-0.2, -0.15) is 0 Å². The molecule has 1 aliphatic heterocycles. The van der Waals surface area contributed by atoms with Gasteiger partial charge in [-0.05, 0) is 38.1 Å². The zero-order valence-electron chi connectivity index (χ0n) is 14.3. The van der Waals surface area contributed by atoms with Crippen molar-refractivity contribution in [3.05, 3.63) is 12.2 Å². The zero-order chi connectivity index (χ0) is 16.1. The number of aryl methyl sites for hydroxylation is 1. The zero-order valence-corrected chi connectivity index (χ0v) is 14.3. The van der Waals surface area contributed by atoms with Crippen LogP contribution < -0.4 is 0 Å². The van der Waals surface area contributed by atoms with Crippen LogP contribution in [0.3, 0.4) is 0 Å². The number of hydrogen-bond acceptors (Lipinski definition) is 5. The number of likely N-dealkylation sites (tertiary alicyclic amines) is 1. The summed E-state index contributed by atoms with van der Waals surface area (Å²) >= 11 is 0. The van der Waals surface area contributed by atoms with Crippen LogP contribution in [0.5, 0.6) is 0 Å².